The summed E-state index contributed by atoms with van der Waals surface area (Å²) in [6.45, 7) is 3.56. The van der Waals surface area contributed by atoms with Gasteiger partial charge in [0.05, 0.1) is 22.2 Å². The molecule has 1 aromatic heterocycles. The fourth-order valence-corrected chi connectivity index (χ4v) is 5.99. The summed E-state index contributed by atoms with van der Waals surface area (Å²) in [6, 6.07) is 16.1. The van der Waals surface area contributed by atoms with E-state index in [2.05, 4.69) is 9.71 Å². The van der Waals surface area contributed by atoms with E-state index in [-0.39, 0.29) is 16.1 Å². The highest BCUT2D eigenvalue weighted by atomic mass is 32.2. The molecule has 1 amide bonds. The monoisotopic (exact) mass is 525 g/mol. The van der Waals surface area contributed by atoms with E-state index in [1.54, 1.807) is 30.3 Å². The summed E-state index contributed by atoms with van der Waals surface area (Å²) in [7, 11) is -2.34. The zero-order valence-electron chi connectivity index (χ0n) is 19.6. The standard InChI is InChI=1S/C25H23N3O6S2/c1-3-28-20-14-21-22(34-12-11-33-21)15-23(20)35-25(28)26-24(29)16-5-4-6-17(13-16)27-36(30,31)19-9-7-18(32-2)8-10-19/h4-10,13-15,27H,3,11-12H2,1-2H3. The van der Waals surface area contributed by atoms with Gasteiger partial charge in [-0.3, -0.25) is 9.52 Å². The minimum Gasteiger partial charge on any atom is -0.497 e. The second-order valence-electron chi connectivity index (χ2n) is 7.87. The SMILES string of the molecule is CCn1c(=NC(=O)c2cccc(NS(=O)(=O)c3ccc(OC)cc3)c2)sc2cc3c(cc21)OCCO3. The Morgan fingerprint density at radius 3 is 2.50 bits per heavy atom. The highest BCUT2D eigenvalue weighted by molar-refractivity contribution is 7.92. The number of sulfonamides is 1. The smallest absolute Gasteiger partial charge is 0.279 e. The van der Waals surface area contributed by atoms with Gasteiger partial charge < -0.3 is 18.8 Å². The van der Waals surface area contributed by atoms with E-state index < -0.39 is 15.9 Å². The molecule has 0 radical (unpaired) electrons. The Morgan fingerprint density at radius 1 is 1.08 bits per heavy atom. The summed E-state index contributed by atoms with van der Waals surface area (Å²) in [5.74, 6) is 1.41. The van der Waals surface area contributed by atoms with E-state index in [1.165, 1.54) is 36.6 Å². The van der Waals surface area contributed by atoms with Crippen molar-refractivity contribution in [3.8, 4) is 17.2 Å². The number of nitrogens with zero attached hydrogens (tertiary/aromatic N) is 2. The van der Waals surface area contributed by atoms with Gasteiger partial charge in [-0.1, -0.05) is 17.4 Å². The number of thiazole rings is 1. The van der Waals surface area contributed by atoms with Crippen molar-refractivity contribution >= 4 is 43.2 Å². The van der Waals surface area contributed by atoms with Gasteiger partial charge in [-0.15, -0.1) is 0 Å². The Kier molecular flexibility index (Phi) is 6.42. The molecule has 9 nitrogen and oxygen atoms in total. The molecule has 0 bridgehead atoms. The number of amides is 1. The largest absolute Gasteiger partial charge is 0.497 e. The number of methoxy groups -OCH3 is 1. The number of carbonyl (C=O) groups excluding carboxylic acids is 1. The van der Waals surface area contributed by atoms with Crippen LogP contribution in [0.4, 0.5) is 5.69 Å². The van der Waals surface area contributed by atoms with Gasteiger partial charge in [0.1, 0.15) is 19.0 Å². The third-order valence-corrected chi connectivity index (χ3v) is 8.03. The molecular formula is C25H23N3O6S2. The molecule has 0 unspecified atom stereocenters. The first-order valence-corrected chi connectivity index (χ1v) is 13.5. The highest BCUT2D eigenvalue weighted by Crippen LogP contribution is 2.35. The minimum absolute atomic E-state index is 0.0784. The maximum Gasteiger partial charge on any atom is 0.279 e. The number of ether oxygens (including phenoxy) is 3. The lowest BCUT2D eigenvalue weighted by Crippen LogP contribution is -2.17. The van der Waals surface area contributed by atoms with Crippen molar-refractivity contribution in [2.75, 3.05) is 25.0 Å². The molecule has 11 heteroatoms. The summed E-state index contributed by atoms with van der Waals surface area (Å²) in [5.41, 5.74) is 1.42. The van der Waals surface area contributed by atoms with Crippen LogP contribution in [-0.2, 0) is 16.6 Å². The van der Waals surface area contributed by atoms with Gasteiger partial charge in [-0.05, 0) is 49.4 Å². The van der Waals surface area contributed by atoms with Crippen molar-refractivity contribution in [1.82, 2.24) is 4.57 Å². The molecule has 0 spiro atoms. The zero-order valence-corrected chi connectivity index (χ0v) is 21.2. The lowest BCUT2D eigenvalue weighted by Gasteiger charge is -2.18. The third kappa shape index (κ3) is 4.67. The number of carbonyl (C=O) groups is 1. The molecule has 0 saturated heterocycles. The molecule has 0 aliphatic carbocycles. The summed E-state index contributed by atoms with van der Waals surface area (Å²) in [4.78, 5) is 18.0. The Balaban J connectivity index is 1.45. The second kappa shape index (κ2) is 9.67. The van der Waals surface area contributed by atoms with Gasteiger partial charge >= 0.3 is 0 Å². The number of fused-ring (bicyclic) bond motifs is 2. The predicted molar refractivity (Wildman–Crippen MR) is 137 cm³/mol. The number of benzene rings is 3. The summed E-state index contributed by atoms with van der Waals surface area (Å²) >= 11 is 1.38. The van der Waals surface area contributed by atoms with Crippen molar-refractivity contribution in [1.29, 1.82) is 0 Å². The molecule has 0 saturated carbocycles. The number of aryl methyl sites for hydroxylation is 1. The first-order chi connectivity index (χ1) is 17.4. The first-order valence-electron chi connectivity index (χ1n) is 11.2. The molecule has 0 fully saturated rings. The van der Waals surface area contributed by atoms with Gasteiger partial charge in [-0.25, -0.2) is 8.42 Å². The quantitative estimate of drug-likeness (QED) is 0.407. The van der Waals surface area contributed by atoms with Gasteiger partial charge in [0.25, 0.3) is 15.9 Å². The summed E-state index contributed by atoms with van der Waals surface area (Å²) in [5, 5.41) is 0. The predicted octanol–water partition coefficient (Wildman–Crippen LogP) is 4.04. The minimum atomic E-state index is -3.85. The van der Waals surface area contributed by atoms with Crippen LogP contribution in [0.2, 0.25) is 0 Å². The van der Waals surface area contributed by atoms with Gasteiger partial charge in [0, 0.05) is 29.9 Å². The fraction of sp³-hybridized carbons (Fsp3) is 0.200. The normalized spacial score (nSPS) is 13.6. The molecule has 1 aliphatic rings. The molecule has 5 rings (SSSR count). The third-order valence-electron chi connectivity index (χ3n) is 5.59. The van der Waals surface area contributed by atoms with Gasteiger partial charge in [0.2, 0.25) is 0 Å². The van der Waals surface area contributed by atoms with Crippen LogP contribution in [0.25, 0.3) is 10.2 Å². The topological polar surface area (TPSA) is 108 Å². The number of rotatable bonds is 6. The molecule has 186 valence electrons. The van der Waals surface area contributed by atoms with Gasteiger partial charge in [0.15, 0.2) is 16.3 Å². The van der Waals surface area contributed by atoms with E-state index in [4.69, 9.17) is 14.2 Å². The molecule has 4 aromatic rings. The highest BCUT2D eigenvalue weighted by Gasteiger charge is 2.18. The maximum absolute atomic E-state index is 13.1. The van der Waals surface area contributed by atoms with Crippen LogP contribution in [0, 0.1) is 0 Å². The second-order valence-corrected chi connectivity index (χ2v) is 10.6. The lowest BCUT2D eigenvalue weighted by molar-refractivity contribution is 0.0998. The first kappa shape index (κ1) is 23.9. The van der Waals surface area contributed by atoms with E-state index in [0.717, 1.165) is 10.2 Å². The van der Waals surface area contributed by atoms with Crippen LogP contribution in [0.5, 0.6) is 17.2 Å². The number of anilines is 1. The van der Waals surface area contributed by atoms with E-state index in [1.807, 2.05) is 23.6 Å². The summed E-state index contributed by atoms with van der Waals surface area (Å²) in [6.07, 6.45) is 0. The van der Waals surface area contributed by atoms with Crippen LogP contribution in [0.15, 0.2) is 70.6 Å². The zero-order chi connectivity index (χ0) is 25.3. The van der Waals surface area contributed by atoms with E-state index in [0.29, 0.717) is 41.8 Å². The maximum atomic E-state index is 13.1. The molecule has 2 heterocycles. The Labute approximate surface area is 211 Å². The Hall–Kier alpha value is -3.83. The van der Waals surface area contributed by atoms with Crippen LogP contribution in [0.3, 0.4) is 0 Å². The Morgan fingerprint density at radius 2 is 1.81 bits per heavy atom. The van der Waals surface area contributed by atoms with Crippen LogP contribution >= 0.6 is 11.3 Å². The fourth-order valence-electron chi connectivity index (χ4n) is 3.83. The molecule has 3 aromatic carbocycles. The number of nitrogens with one attached hydrogen (secondary N) is 1. The van der Waals surface area contributed by atoms with Gasteiger partial charge in [-0.2, -0.15) is 4.99 Å². The van der Waals surface area contributed by atoms with E-state index >= 15 is 0 Å². The van der Waals surface area contributed by atoms with Crippen molar-refractivity contribution in [3.05, 3.63) is 71.0 Å². The number of aromatic nitrogens is 1. The molecular weight excluding hydrogens is 502 g/mol. The average Bonchev–Trinajstić information content (AvgIpc) is 3.22. The van der Waals surface area contributed by atoms with Crippen molar-refractivity contribution in [3.63, 3.8) is 0 Å². The van der Waals surface area contributed by atoms with Crippen molar-refractivity contribution < 1.29 is 27.4 Å². The molecule has 0 atom stereocenters. The molecule has 1 N–H and O–H groups in total. The van der Waals surface area contributed by atoms with Crippen LogP contribution in [-0.4, -0.2) is 39.2 Å². The Bertz CT molecular complexity index is 1620. The number of hydrogen-bond acceptors (Lipinski definition) is 7. The average molecular weight is 526 g/mol. The number of hydrogen-bond donors (Lipinski definition) is 1. The molecule has 36 heavy (non-hydrogen) atoms. The lowest BCUT2D eigenvalue weighted by atomic mass is 10.2. The van der Waals surface area contributed by atoms with E-state index in [9.17, 15) is 13.2 Å². The molecule has 1 aliphatic heterocycles. The van der Waals surface area contributed by atoms with Crippen molar-refractivity contribution in [2.45, 2.75) is 18.4 Å². The van der Waals surface area contributed by atoms with Crippen molar-refractivity contribution in [2.24, 2.45) is 4.99 Å². The summed E-state index contributed by atoms with van der Waals surface area (Å²) < 4.78 is 47.4. The van der Waals surface area contributed by atoms with Crippen LogP contribution < -0.4 is 23.7 Å². The van der Waals surface area contributed by atoms with Crippen LogP contribution in [0.1, 0.15) is 17.3 Å².